The van der Waals surface area contributed by atoms with Gasteiger partial charge in [-0.3, -0.25) is 4.79 Å². The van der Waals surface area contributed by atoms with Crippen molar-refractivity contribution >= 4 is 17.6 Å². The highest BCUT2D eigenvalue weighted by atomic mass is 16.5. The predicted molar refractivity (Wildman–Crippen MR) is 120 cm³/mol. The number of carbonyl (C=O) groups excluding carboxylic acids is 2. The lowest BCUT2D eigenvalue weighted by Crippen LogP contribution is -2.43. The molecule has 0 bridgehead atoms. The van der Waals surface area contributed by atoms with Gasteiger partial charge < -0.3 is 19.5 Å². The Morgan fingerprint density at radius 3 is 2.43 bits per heavy atom. The quantitative estimate of drug-likeness (QED) is 0.306. The summed E-state index contributed by atoms with van der Waals surface area (Å²) in [6.07, 6.45) is 5.30. The molecule has 1 N–H and O–H groups in total. The fraction of sp³-hybridized carbons (Fsp3) is 0.667. The van der Waals surface area contributed by atoms with Gasteiger partial charge in [0.2, 0.25) is 0 Å². The minimum atomic E-state index is -0.916. The maximum Gasteiger partial charge on any atom is 0.341 e. The zero-order valence-electron chi connectivity index (χ0n) is 19.5. The molecule has 0 spiro atoms. The Balaban J connectivity index is 3.09. The highest BCUT2D eigenvalue weighted by Crippen LogP contribution is 2.27. The summed E-state index contributed by atoms with van der Waals surface area (Å²) in [5.74, 6) is -0.231. The third kappa shape index (κ3) is 7.98. The van der Waals surface area contributed by atoms with E-state index in [1.165, 1.54) is 0 Å². The van der Waals surface area contributed by atoms with Gasteiger partial charge in [-0.25, -0.2) is 4.79 Å². The van der Waals surface area contributed by atoms with Gasteiger partial charge in [0.25, 0.3) is 5.91 Å². The number of carbonyl (C=O) groups is 2. The summed E-state index contributed by atoms with van der Waals surface area (Å²) in [4.78, 5) is 25.5. The van der Waals surface area contributed by atoms with Crippen molar-refractivity contribution in [2.24, 2.45) is 0 Å². The third-order valence-corrected chi connectivity index (χ3v) is 5.00. The molecule has 0 unspecified atom stereocenters. The van der Waals surface area contributed by atoms with E-state index in [-0.39, 0.29) is 18.6 Å². The number of unbranched alkanes of at least 4 members (excludes halogenated alkanes) is 2. The van der Waals surface area contributed by atoms with E-state index >= 15 is 0 Å². The first kappa shape index (κ1) is 26.0. The Kier molecular flexibility index (Phi) is 11.5. The van der Waals surface area contributed by atoms with Crippen LogP contribution in [-0.4, -0.2) is 36.8 Å². The van der Waals surface area contributed by atoms with Gasteiger partial charge in [-0.05, 0) is 58.2 Å². The van der Waals surface area contributed by atoms with Crippen molar-refractivity contribution in [2.75, 3.05) is 18.5 Å². The molecule has 1 amide bonds. The molecule has 0 radical (unpaired) electrons. The second kappa shape index (κ2) is 13.3. The van der Waals surface area contributed by atoms with E-state index < -0.39 is 11.6 Å². The molecule has 0 aliphatic carbocycles. The molecule has 0 heterocycles. The lowest BCUT2D eigenvalue weighted by atomic mass is 9.96. The Morgan fingerprint density at radius 1 is 1.10 bits per heavy atom. The molecule has 170 valence electrons. The maximum absolute atomic E-state index is 13.1. The maximum atomic E-state index is 13.1. The van der Waals surface area contributed by atoms with E-state index in [1.54, 1.807) is 25.1 Å². The Hall–Kier alpha value is -2.08. The fourth-order valence-electron chi connectivity index (χ4n) is 2.93. The van der Waals surface area contributed by atoms with Gasteiger partial charge in [-0.15, -0.1) is 0 Å². The molecule has 0 aromatic heterocycles. The van der Waals surface area contributed by atoms with Crippen molar-refractivity contribution < 1.29 is 23.8 Å². The van der Waals surface area contributed by atoms with E-state index in [9.17, 15) is 9.59 Å². The number of rotatable bonds is 14. The molecule has 1 aromatic rings. The fourth-order valence-corrected chi connectivity index (χ4v) is 2.93. The van der Waals surface area contributed by atoms with Crippen molar-refractivity contribution in [2.45, 2.75) is 91.8 Å². The van der Waals surface area contributed by atoms with Crippen LogP contribution in [0.4, 0.5) is 5.69 Å². The second-order valence-electron chi connectivity index (χ2n) is 7.76. The molecule has 0 saturated carbocycles. The van der Waals surface area contributed by atoms with E-state index in [0.717, 1.165) is 32.1 Å². The van der Waals surface area contributed by atoms with Crippen molar-refractivity contribution in [3.05, 3.63) is 23.8 Å². The minimum Gasteiger partial charge on any atom is -0.490 e. The number of anilines is 1. The van der Waals surface area contributed by atoms with E-state index in [1.807, 2.05) is 27.7 Å². The van der Waals surface area contributed by atoms with E-state index in [2.05, 4.69) is 12.2 Å². The number of benzene rings is 1. The number of nitrogens with one attached hydrogen (secondary N) is 1. The lowest BCUT2D eigenvalue weighted by molar-refractivity contribution is -0.140. The summed E-state index contributed by atoms with van der Waals surface area (Å²) in [5, 5.41) is 2.92. The van der Waals surface area contributed by atoms with Crippen LogP contribution in [0.3, 0.4) is 0 Å². The van der Waals surface area contributed by atoms with Gasteiger partial charge in [-0.2, -0.15) is 0 Å². The molecular weight excluding hydrogens is 382 g/mol. The summed E-state index contributed by atoms with van der Waals surface area (Å²) in [6.45, 7) is 12.5. The average molecular weight is 422 g/mol. The first-order valence-electron chi connectivity index (χ1n) is 11.2. The van der Waals surface area contributed by atoms with Crippen LogP contribution in [0.25, 0.3) is 0 Å². The molecule has 0 aliphatic heterocycles. The van der Waals surface area contributed by atoms with Crippen molar-refractivity contribution in [3.63, 3.8) is 0 Å². The zero-order chi connectivity index (χ0) is 22.6. The largest absolute Gasteiger partial charge is 0.490 e. The van der Waals surface area contributed by atoms with Crippen LogP contribution in [-0.2, 0) is 14.3 Å². The van der Waals surface area contributed by atoms with Gasteiger partial charge >= 0.3 is 5.97 Å². The van der Waals surface area contributed by atoms with Gasteiger partial charge in [0.1, 0.15) is 16.9 Å². The summed E-state index contributed by atoms with van der Waals surface area (Å²) in [6, 6.07) is 5.06. The van der Waals surface area contributed by atoms with E-state index in [4.69, 9.17) is 14.2 Å². The molecule has 1 rings (SSSR count). The molecule has 0 aliphatic rings. The average Bonchev–Trinajstić information content (AvgIpc) is 2.73. The summed E-state index contributed by atoms with van der Waals surface area (Å²) in [5.41, 5.74) is -0.0975. The smallest absolute Gasteiger partial charge is 0.341 e. The second-order valence-corrected chi connectivity index (χ2v) is 7.76. The number of esters is 1. The van der Waals surface area contributed by atoms with Crippen LogP contribution in [0.15, 0.2) is 18.2 Å². The molecule has 30 heavy (non-hydrogen) atoms. The molecule has 2 atom stereocenters. The highest BCUT2D eigenvalue weighted by Gasteiger charge is 2.34. The molecule has 1 aromatic carbocycles. The molecule has 6 nitrogen and oxygen atoms in total. The van der Waals surface area contributed by atoms with Gasteiger partial charge in [0, 0.05) is 12.3 Å². The summed E-state index contributed by atoms with van der Waals surface area (Å²) in [7, 11) is 0. The highest BCUT2D eigenvalue weighted by molar-refractivity contribution is 5.99. The van der Waals surface area contributed by atoms with Crippen LogP contribution in [0, 0.1) is 0 Å². The standard InChI is InChI=1S/C24H39NO5/c1-7-11-12-15-24(6,29-16-8-2)23(27)25-19-13-14-21(30-18(5)9-3)20(17-19)22(26)28-10-4/h13-14,17-18H,7-12,15-16H2,1-6H3,(H,25,27)/t18-,24-/m1/s1. The normalized spacial score (nSPS) is 13.9. The number of amides is 1. The topological polar surface area (TPSA) is 73.9 Å². The number of hydrogen-bond acceptors (Lipinski definition) is 5. The molecule has 6 heteroatoms. The Labute approximate surface area is 181 Å². The predicted octanol–water partition coefficient (Wildman–Crippen LogP) is 5.74. The van der Waals surface area contributed by atoms with Gasteiger partial charge in [0.15, 0.2) is 0 Å². The van der Waals surface area contributed by atoms with Crippen LogP contribution >= 0.6 is 0 Å². The monoisotopic (exact) mass is 421 g/mol. The van der Waals surface area contributed by atoms with Crippen LogP contribution in [0.5, 0.6) is 5.75 Å². The van der Waals surface area contributed by atoms with Gasteiger partial charge in [0.05, 0.1) is 12.7 Å². The van der Waals surface area contributed by atoms with Crippen molar-refractivity contribution in [1.82, 2.24) is 0 Å². The van der Waals surface area contributed by atoms with Crippen LogP contribution in [0.1, 0.15) is 90.4 Å². The van der Waals surface area contributed by atoms with E-state index in [0.29, 0.717) is 30.0 Å². The van der Waals surface area contributed by atoms with Crippen molar-refractivity contribution in [1.29, 1.82) is 0 Å². The number of hydrogen-bond donors (Lipinski definition) is 1. The van der Waals surface area contributed by atoms with Crippen molar-refractivity contribution in [3.8, 4) is 5.75 Å². The first-order valence-corrected chi connectivity index (χ1v) is 11.2. The molecular formula is C24H39NO5. The number of ether oxygens (including phenoxy) is 3. The Morgan fingerprint density at radius 2 is 1.83 bits per heavy atom. The van der Waals surface area contributed by atoms with Crippen LogP contribution in [0.2, 0.25) is 0 Å². The third-order valence-electron chi connectivity index (χ3n) is 5.00. The summed E-state index contributed by atoms with van der Waals surface area (Å²) < 4.78 is 17.0. The SMILES string of the molecule is CCCCC[C@@](C)(OCCC)C(=O)Nc1ccc(O[C@H](C)CC)c(C(=O)OCC)c1. The summed E-state index contributed by atoms with van der Waals surface area (Å²) >= 11 is 0. The first-order chi connectivity index (χ1) is 14.3. The minimum absolute atomic E-state index is 0.0390. The Bertz CT molecular complexity index is 676. The lowest BCUT2D eigenvalue weighted by Gasteiger charge is -2.29. The van der Waals surface area contributed by atoms with Crippen LogP contribution < -0.4 is 10.1 Å². The molecule has 0 saturated heterocycles. The van der Waals surface area contributed by atoms with Gasteiger partial charge in [-0.1, -0.05) is 40.0 Å². The zero-order valence-corrected chi connectivity index (χ0v) is 19.5. The molecule has 0 fully saturated rings.